The number of aryl methyl sites for hydroxylation is 1. The molecule has 0 bridgehead atoms. The quantitative estimate of drug-likeness (QED) is 0.0625. The fourth-order valence-electron chi connectivity index (χ4n) is 4.55. The largest absolute Gasteiger partial charge is 0.491 e. The van der Waals surface area contributed by atoms with E-state index in [0.29, 0.717) is 35.0 Å². The van der Waals surface area contributed by atoms with Gasteiger partial charge in [-0.15, -0.1) is 0 Å². The van der Waals surface area contributed by atoms with E-state index >= 15 is 0 Å². The monoisotopic (exact) mass is 646 g/mol. The highest BCUT2D eigenvalue weighted by atomic mass is 16.6. The van der Waals surface area contributed by atoms with Gasteiger partial charge in [0, 0.05) is 18.1 Å². The predicted octanol–water partition coefficient (Wildman–Crippen LogP) is 6.02. The van der Waals surface area contributed by atoms with Crippen LogP contribution < -0.4 is 14.2 Å². The zero-order chi connectivity index (χ0) is 33.3. The number of ether oxygens (including phenoxy) is 7. The molecule has 3 aromatic carbocycles. The highest BCUT2D eigenvalue weighted by molar-refractivity contribution is 5.92. The van der Waals surface area contributed by atoms with Crippen LogP contribution in [0, 0.1) is 5.41 Å². The van der Waals surface area contributed by atoms with Crippen molar-refractivity contribution in [3.05, 3.63) is 102 Å². The normalized spacial score (nSPS) is 13.2. The van der Waals surface area contributed by atoms with Crippen LogP contribution in [0.5, 0.6) is 17.2 Å². The molecule has 0 atom stereocenters. The van der Waals surface area contributed by atoms with Crippen molar-refractivity contribution in [2.45, 2.75) is 32.6 Å². The minimum absolute atomic E-state index is 0.138. The Bertz CT molecular complexity index is 1430. The Balaban J connectivity index is 1.10. The molecule has 0 N–H and O–H groups in total. The van der Waals surface area contributed by atoms with Gasteiger partial charge in [0.25, 0.3) is 0 Å². The van der Waals surface area contributed by atoms with Crippen LogP contribution in [0.25, 0.3) is 0 Å². The molecule has 250 valence electrons. The molecule has 0 unspecified atom stereocenters. The molecule has 3 aromatic rings. The lowest BCUT2D eigenvalue weighted by Gasteiger charge is -2.37. The Hall–Kier alpha value is -4.51. The molecule has 0 spiro atoms. The predicted molar refractivity (Wildman–Crippen MR) is 174 cm³/mol. The number of carbonyl (C=O) groups is 3. The van der Waals surface area contributed by atoms with Crippen LogP contribution in [0.15, 0.2) is 85.5 Å². The van der Waals surface area contributed by atoms with Gasteiger partial charge in [0.15, 0.2) is 0 Å². The summed E-state index contributed by atoms with van der Waals surface area (Å²) in [5, 5.41) is 0. The maximum Gasteiger partial charge on any atom is 0.343 e. The van der Waals surface area contributed by atoms with Gasteiger partial charge in [0.2, 0.25) is 0 Å². The molecule has 0 saturated carbocycles. The second-order valence-corrected chi connectivity index (χ2v) is 11.5. The summed E-state index contributed by atoms with van der Waals surface area (Å²) in [5.41, 5.74) is 2.16. The summed E-state index contributed by atoms with van der Waals surface area (Å²) in [6.45, 7) is 9.59. The first-order chi connectivity index (χ1) is 22.8. The van der Waals surface area contributed by atoms with Crippen LogP contribution in [0.4, 0.5) is 0 Å². The van der Waals surface area contributed by atoms with Crippen molar-refractivity contribution >= 4 is 17.9 Å². The topological polar surface area (TPSA) is 116 Å². The van der Waals surface area contributed by atoms with E-state index in [1.807, 2.05) is 12.1 Å². The van der Waals surface area contributed by atoms with Gasteiger partial charge in [0.05, 0.1) is 44.2 Å². The summed E-state index contributed by atoms with van der Waals surface area (Å²) in [4.78, 5) is 36.2. The maximum atomic E-state index is 12.6. The first-order valence-corrected chi connectivity index (χ1v) is 15.7. The van der Waals surface area contributed by atoms with Gasteiger partial charge in [-0.2, -0.15) is 0 Å². The maximum absolute atomic E-state index is 12.6. The molecule has 1 aliphatic heterocycles. The molecular weight excluding hydrogens is 604 g/mol. The van der Waals surface area contributed by atoms with Gasteiger partial charge < -0.3 is 33.2 Å². The second-order valence-electron chi connectivity index (χ2n) is 11.5. The second kappa shape index (κ2) is 18.6. The average Bonchev–Trinajstić information content (AvgIpc) is 3.07. The summed E-state index contributed by atoms with van der Waals surface area (Å²) in [7, 11) is 0. The summed E-state index contributed by atoms with van der Waals surface area (Å²) in [6.07, 6.45) is 5.20. The molecule has 10 heteroatoms. The lowest BCUT2D eigenvalue weighted by atomic mass is 9.90. The Labute approximate surface area is 275 Å². The van der Waals surface area contributed by atoms with E-state index in [1.165, 1.54) is 5.56 Å². The highest BCUT2D eigenvalue weighted by Crippen LogP contribution is 2.26. The molecule has 1 heterocycles. The van der Waals surface area contributed by atoms with Gasteiger partial charge in [0.1, 0.15) is 30.5 Å². The number of esters is 3. The van der Waals surface area contributed by atoms with Crippen LogP contribution in [-0.2, 0) is 30.2 Å². The van der Waals surface area contributed by atoms with Gasteiger partial charge in [-0.1, -0.05) is 32.1 Å². The lowest BCUT2D eigenvalue weighted by Crippen LogP contribution is -2.43. The van der Waals surface area contributed by atoms with Crippen molar-refractivity contribution in [3.63, 3.8) is 0 Å². The zero-order valence-electron chi connectivity index (χ0n) is 26.8. The van der Waals surface area contributed by atoms with Gasteiger partial charge in [-0.3, -0.25) is 0 Å². The Morgan fingerprint density at radius 3 is 1.85 bits per heavy atom. The average molecular weight is 647 g/mol. The van der Waals surface area contributed by atoms with E-state index in [9.17, 15) is 14.4 Å². The fourth-order valence-corrected chi connectivity index (χ4v) is 4.55. The highest BCUT2D eigenvalue weighted by Gasteiger charge is 2.33. The Kier molecular flexibility index (Phi) is 14.0. The number of carbonyl (C=O) groups excluding carboxylic acids is 3. The van der Waals surface area contributed by atoms with Crippen LogP contribution in [-0.4, -0.2) is 70.8 Å². The van der Waals surface area contributed by atoms with E-state index in [1.54, 1.807) is 60.7 Å². The van der Waals surface area contributed by atoms with E-state index < -0.39 is 17.9 Å². The molecule has 47 heavy (non-hydrogen) atoms. The molecule has 1 aliphatic rings. The number of benzene rings is 3. The van der Waals surface area contributed by atoms with Crippen molar-refractivity contribution < 1.29 is 47.5 Å². The first kappa shape index (κ1) is 35.3. The third-order valence-corrected chi connectivity index (χ3v) is 7.27. The number of hydrogen-bond donors (Lipinski definition) is 0. The van der Waals surface area contributed by atoms with Crippen molar-refractivity contribution in [3.8, 4) is 17.2 Å². The molecule has 0 aliphatic carbocycles. The summed E-state index contributed by atoms with van der Waals surface area (Å²) in [5.74, 6) is -0.297. The number of unbranched alkanes of at least 4 members (excludes halogenated alkanes) is 2. The zero-order valence-corrected chi connectivity index (χ0v) is 26.8. The van der Waals surface area contributed by atoms with Crippen LogP contribution >= 0.6 is 0 Å². The SMILES string of the molecule is C=CC(=O)OCCOCCOc1ccc(C(=O)Oc2ccc(OC(=O)c3ccc(CCCCCOCC4(C)COC4)cc3)cc2)cc1. The van der Waals surface area contributed by atoms with E-state index in [0.717, 1.165) is 58.2 Å². The molecule has 10 nitrogen and oxygen atoms in total. The Morgan fingerprint density at radius 1 is 0.702 bits per heavy atom. The molecule has 1 saturated heterocycles. The molecule has 0 aromatic heterocycles. The van der Waals surface area contributed by atoms with Crippen LogP contribution in [0.1, 0.15) is 52.5 Å². The van der Waals surface area contributed by atoms with Crippen LogP contribution in [0.3, 0.4) is 0 Å². The molecule has 0 radical (unpaired) electrons. The van der Waals surface area contributed by atoms with Crippen molar-refractivity contribution in [1.82, 2.24) is 0 Å². The minimum Gasteiger partial charge on any atom is -0.491 e. The molecule has 4 rings (SSSR count). The molecule has 1 fully saturated rings. The fraction of sp³-hybridized carbons (Fsp3) is 0.378. The summed E-state index contributed by atoms with van der Waals surface area (Å²) in [6, 6.07) is 20.2. The third-order valence-electron chi connectivity index (χ3n) is 7.27. The van der Waals surface area contributed by atoms with E-state index in [4.69, 9.17) is 33.2 Å². The van der Waals surface area contributed by atoms with E-state index in [2.05, 4.69) is 13.5 Å². The van der Waals surface area contributed by atoms with E-state index in [-0.39, 0.29) is 25.2 Å². The number of hydrogen-bond acceptors (Lipinski definition) is 10. The number of rotatable bonds is 20. The van der Waals surface area contributed by atoms with Crippen LogP contribution in [0.2, 0.25) is 0 Å². The molecule has 0 amide bonds. The van der Waals surface area contributed by atoms with Crippen molar-refractivity contribution in [2.75, 3.05) is 52.9 Å². The van der Waals surface area contributed by atoms with Gasteiger partial charge >= 0.3 is 17.9 Å². The smallest absolute Gasteiger partial charge is 0.343 e. The van der Waals surface area contributed by atoms with Crippen molar-refractivity contribution in [2.24, 2.45) is 5.41 Å². The Morgan fingerprint density at radius 2 is 1.28 bits per heavy atom. The third kappa shape index (κ3) is 12.3. The standard InChI is InChI=1S/C37H42O10/c1-3-34(38)45-24-22-41-21-23-44-31-14-12-30(13-15-31)36(40)47-33-18-16-32(17-19-33)46-35(39)29-10-8-28(9-11-29)7-5-4-6-20-42-25-37(2)26-43-27-37/h3,8-19H,1,4-7,20-27H2,2H3. The minimum atomic E-state index is -0.541. The first-order valence-electron chi connectivity index (χ1n) is 15.7. The summed E-state index contributed by atoms with van der Waals surface area (Å²) < 4.78 is 37.7. The van der Waals surface area contributed by atoms with Crippen molar-refractivity contribution in [1.29, 1.82) is 0 Å². The lowest BCUT2D eigenvalue weighted by molar-refractivity contribution is -0.139. The summed E-state index contributed by atoms with van der Waals surface area (Å²) >= 11 is 0. The van der Waals surface area contributed by atoms with Gasteiger partial charge in [-0.25, -0.2) is 14.4 Å². The van der Waals surface area contributed by atoms with Gasteiger partial charge in [-0.05, 0) is 85.5 Å². The molecular formula is C37H42O10.